The molecule has 3 rings (SSSR count). The first-order chi connectivity index (χ1) is 15.4. The molecule has 166 valence electrons. The Bertz CT molecular complexity index is 1080. The van der Waals surface area contributed by atoms with Crippen LogP contribution in [-0.4, -0.2) is 22.0 Å². The molecule has 0 saturated carbocycles. The van der Waals surface area contributed by atoms with Gasteiger partial charge in [-0.1, -0.05) is 66.2 Å². The Hall–Kier alpha value is -3.31. The molecule has 5 nitrogen and oxygen atoms in total. The van der Waals surface area contributed by atoms with Crippen LogP contribution in [0.3, 0.4) is 0 Å². The van der Waals surface area contributed by atoms with E-state index in [4.69, 9.17) is 16.3 Å². The number of hydrogen-bond acceptors (Lipinski definition) is 5. The minimum Gasteiger partial charge on any atom is -0.507 e. The monoisotopic (exact) mass is 452 g/mol. The number of ketones is 1. The predicted octanol–water partition coefficient (Wildman–Crippen LogP) is 6.31. The summed E-state index contributed by atoms with van der Waals surface area (Å²) in [6.45, 7) is 1.46. The maximum atomic E-state index is 13.2. The normalized spacial score (nSPS) is 20.8. The van der Waals surface area contributed by atoms with Gasteiger partial charge in [0.25, 0.3) is 0 Å². The molecular formula is C26H25ClO5. The fourth-order valence-electron chi connectivity index (χ4n) is 3.50. The van der Waals surface area contributed by atoms with Crippen LogP contribution in [0.4, 0.5) is 0 Å². The van der Waals surface area contributed by atoms with Gasteiger partial charge in [-0.05, 0) is 37.0 Å². The number of carbonyl (C=O) groups is 2. The van der Waals surface area contributed by atoms with E-state index in [9.17, 15) is 19.8 Å². The largest absolute Gasteiger partial charge is 0.507 e. The van der Waals surface area contributed by atoms with Gasteiger partial charge in [-0.25, -0.2) is 4.79 Å². The Kier molecular flexibility index (Phi) is 7.90. The number of hydrogen-bond donors (Lipinski definition) is 2. The number of cyclic esters (lactones) is 1. The van der Waals surface area contributed by atoms with Crippen molar-refractivity contribution in [2.24, 2.45) is 0 Å². The number of halogens is 1. The predicted molar refractivity (Wildman–Crippen MR) is 125 cm³/mol. The van der Waals surface area contributed by atoms with E-state index in [-0.39, 0.29) is 34.1 Å². The van der Waals surface area contributed by atoms with Crippen LogP contribution in [0.15, 0.2) is 66.3 Å². The first-order valence-electron chi connectivity index (χ1n) is 10.4. The summed E-state index contributed by atoms with van der Waals surface area (Å²) in [5, 5.41) is 20.6. The van der Waals surface area contributed by atoms with E-state index >= 15 is 0 Å². The fraction of sp³-hybridized carbons (Fsp3) is 0.231. The Morgan fingerprint density at radius 1 is 1.09 bits per heavy atom. The smallest absolute Gasteiger partial charge is 0.343 e. The van der Waals surface area contributed by atoms with Crippen LogP contribution in [0, 0.1) is 0 Å². The minimum atomic E-state index is -0.777. The fourth-order valence-corrected chi connectivity index (χ4v) is 3.71. The third-order valence-electron chi connectivity index (χ3n) is 5.02. The van der Waals surface area contributed by atoms with Crippen molar-refractivity contribution in [3.8, 4) is 11.5 Å². The summed E-state index contributed by atoms with van der Waals surface area (Å²) in [4.78, 5) is 25.0. The van der Waals surface area contributed by atoms with Crippen LogP contribution < -0.4 is 0 Å². The maximum absolute atomic E-state index is 13.2. The number of fused-ring (bicyclic) bond motifs is 1. The number of rotatable bonds is 3. The Morgan fingerprint density at radius 3 is 2.53 bits per heavy atom. The van der Waals surface area contributed by atoms with E-state index in [1.54, 1.807) is 6.08 Å². The first-order valence-corrected chi connectivity index (χ1v) is 10.8. The molecule has 0 aromatic heterocycles. The standard InChI is InChI=1S/C26H25ClO5/c1-17(28)14-18-10-6-3-2-4-9-13-23(19-11-7-5-8-12-19)32-26(31)24-20(15-18)25(27)22(30)16-21(24)29/h4-12,15-16,23,29-30H,2-3,13-14H2,1H3/b9-4+,10-6+,18-15-/t23-/m1/s1. The van der Waals surface area contributed by atoms with Gasteiger partial charge in [-0.3, -0.25) is 4.79 Å². The van der Waals surface area contributed by atoms with E-state index in [1.165, 1.54) is 13.0 Å². The number of carbonyl (C=O) groups excluding carboxylic acids is 2. The van der Waals surface area contributed by atoms with Gasteiger partial charge in [0.1, 0.15) is 28.9 Å². The third kappa shape index (κ3) is 5.89. The zero-order chi connectivity index (χ0) is 23.1. The van der Waals surface area contributed by atoms with Gasteiger partial charge < -0.3 is 14.9 Å². The number of Topliss-reactive ketones (excluding diaryl/α,β-unsaturated/α-hetero) is 1. The molecule has 2 N–H and O–H groups in total. The number of phenolic OH excluding ortho intramolecular Hbond substituents is 2. The van der Waals surface area contributed by atoms with Crippen LogP contribution in [0.5, 0.6) is 11.5 Å². The number of allylic oxidation sites excluding steroid dienone is 4. The van der Waals surface area contributed by atoms with E-state index < -0.39 is 17.8 Å². The van der Waals surface area contributed by atoms with E-state index in [0.29, 0.717) is 12.0 Å². The average molecular weight is 453 g/mol. The Balaban J connectivity index is 2.15. The van der Waals surface area contributed by atoms with Gasteiger partial charge >= 0.3 is 5.97 Å². The topological polar surface area (TPSA) is 83.8 Å². The van der Waals surface area contributed by atoms with E-state index in [0.717, 1.165) is 24.5 Å². The van der Waals surface area contributed by atoms with Crippen LogP contribution in [-0.2, 0) is 9.53 Å². The van der Waals surface area contributed by atoms with Crippen molar-refractivity contribution >= 4 is 29.4 Å². The average Bonchev–Trinajstić information content (AvgIpc) is 2.75. The molecule has 0 unspecified atom stereocenters. The molecule has 1 heterocycles. The zero-order valence-electron chi connectivity index (χ0n) is 17.8. The van der Waals surface area contributed by atoms with Gasteiger partial charge in [0.15, 0.2) is 0 Å². The molecule has 0 bridgehead atoms. The van der Waals surface area contributed by atoms with Crippen LogP contribution in [0.1, 0.15) is 60.2 Å². The van der Waals surface area contributed by atoms with Crippen molar-refractivity contribution in [2.75, 3.05) is 0 Å². The Morgan fingerprint density at radius 2 is 1.81 bits per heavy atom. The number of ether oxygens (including phenoxy) is 1. The highest BCUT2D eigenvalue weighted by molar-refractivity contribution is 6.34. The summed E-state index contributed by atoms with van der Waals surface area (Å²) in [7, 11) is 0. The van der Waals surface area contributed by atoms with Gasteiger partial charge in [0, 0.05) is 24.5 Å². The quantitative estimate of drug-likeness (QED) is 0.421. The summed E-state index contributed by atoms with van der Waals surface area (Å²) in [5.41, 5.74) is 1.36. The van der Waals surface area contributed by atoms with Crippen LogP contribution in [0.25, 0.3) is 6.08 Å². The molecule has 2 aromatic rings. The molecule has 1 aliphatic rings. The lowest BCUT2D eigenvalue weighted by Gasteiger charge is -2.19. The second-order valence-corrected chi connectivity index (χ2v) is 7.98. The molecule has 1 atom stereocenters. The molecule has 0 fully saturated rings. The lowest BCUT2D eigenvalue weighted by atomic mass is 9.99. The Labute approximate surface area is 192 Å². The van der Waals surface area contributed by atoms with Crippen LogP contribution >= 0.6 is 11.6 Å². The molecule has 32 heavy (non-hydrogen) atoms. The third-order valence-corrected chi connectivity index (χ3v) is 5.41. The maximum Gasteiger partial charge on any atom is 0.343 e. The van der Waals surface area contributed by atoms with Crippen molar-refractivity contribution in [3.63, 3.8) is 0 Å². The van der Waals surface area contributed by atoms with Crippen molar-refractivity contribution in [3.05, 3.63) is 88.0 Å². The molecule has 2 aromatic carbocycles. The summed E-state index contributed by atoms with van der Waals surface area (Å²) in [6.07, 6.45) is 10.8. The summed E-state index contributed by atoms with van der Waals surface area (Å²) in [5.74, 6) is -1.68. The number of phenols is 2. The highest BCUT2D eigenvalue weighted by Crippen LogP contribution is 2.39. The second-order valence-electron chi connectivity index (χ2n) is 7.61. The molecule has 0 amide bonds. The molecule has 1 aliphatic heterocycles. The van der Waals surface area contributed by atoms with E-state index in [1.807, 2.05) is 48.6 Å². The lowest BCUT2D eigenvalue weighted by Crippen LogP contribution is -2.13. The van der Waals surface area contributed by atoms with Crippen LogP contribution in [0.2, 0.25) is 5.02 Å². The van der Waals surface area contributed by atoms with Crippen molar-refractivity contribution in [1.82, 2.24) is 0 Å². The second kappa shape index (κ2) is 10.8. The summed E-state index contributed by atoms with van der Waals surface area (Å²) in [6, 6.07) is 10.3. The first kappa shape index (κ1) is 23.4. The number of benzene rings is 2. The van der Waals surface area contributed by atoms with Gasteiger partial charge in [0.05, 0.1) is 5.02 Å². The summed E-state index contributed by atoms with van der Waals surface area (Å²) < 4.78 is 5.80. The highest BCUT2D eigenvalue weighted by Gasteiger charge is 2.25. The number of esters is 1. The minimum absolute atomic E-state index is 0.0734. The van der Waals surface area contributed by atoms with E-state index in [2.05, 4.69) is 0 Å². The molecule has 6 heteroatoms. The molecule has 0 saturated heterocycles. The van der Waals surface area contributed by atoms with Crippen molar-refractivity contribution in [2.45, 2.75) is 38.7 Å². The van der Waals surface area contributed by atoms with Crippen molar-refractivity contribution < 1.29 is 24.5 Å². The highest BCUT2D eigenvalue weighted by atomic mass is 35.5. The number of aromatic hydroxyl groups is 2. The molecule has 0 radical (unpaired) electrons. The van der Waals surface area contributed by atoms with Gasteiger partial charge in [-0.2, -0.15) is 0 Å². The van der Waals surface area contributed by atoms with Crippen molar-refractivity contribution in [1.29, 1.82) is 0 Å². The molecule has 0 spiro atoms. The van der Waals surface area contributed by atoms with Gasteiger partial charge in [0.2, 0.25) is 0 Å². The zero-order valence-corrected chi connectivity index (χ0v) is 18.5. The summed E-state index contributed by atoms with van der Waals surface area (Å²) >= 11 is 6.32. The molecule has 0 aliphatic carbocycles. The van der Waals surface area contributed by atoms with Gasteiger partial charge in [-0.15, -0.1) is 0 Å². The molecular weight excluding hydrogens is 428 g/mol. The SMILES string of the molecule is CC(=O)CC1=C\c2c(Cl)c(O)cc(O)c2C(=O)O[C@@H](c2ccccc2)C/C=C/CC\C=C\1. The lowest BCUT2D eigenvalue weighted by molar-refractivity contribution is -0.116.